The number of carboxylic acids is 1. The number of amides is 1. The van der Waals surface area contributed by atoms with Gasteiger partial charge in [0.15, 0.2) is 0 Å². The highest BCUT2D eigenvalue weighted by Gasteiger charge is 2.24. The van der Waals surface area contributed by atoms with Crippen LogP contribution in [0.4, 0.5) is 11.5 Å². The molecular formula is C19H22N4O3. The number of para-hydroxylation sites is 1. The van der Waals surface area contributed by atoms with Gasteiger partial charge in [0, 0.05) is 38.1 Å². The predicted molar refractivity (Wildman–Crippen MR) is 99.3 cm³/mol. The molecule has 0 spiro atoms. The summed E-state index contributed by atoms with van der Waals surface area (Å²) in [5.74, 6) is -0.290. The lowest BCUT2D eigenvalue weighted by atomic mass is 10.2. The van der Waals surface area contributed by atoms with E-state index in [1.54, 1.807) is 30.5 Å². The second-order valence-corrected chi connectivity index (χ2v) is 6.16. The fourth-order valence-corrected chi connectivity index (χ4v) is 3.02. The number of pyridine rings is 1. The Bertz CT molecular complexity index is 731. The molecule has 2 heterocycles. The van der Waals surface area contributed by atoms with Crippen LogP contribution in [0.15, 0.2) is 54.7 Å². The predicted octanol–water partition coefficient (Wildman–Crippen LogP) is 1.32. The number of anilines is 2. The van der Waals surface area contributed by atoms with Gasteiger partial charge in [0.25, 0.3) is 0 Å². The molecule has 1 aliphatic rings. The molecule has 3 rings (SSSR count). The fourth-order valence-electron chi connectivity index (χ4n) is 3.02. The third kappa shape index (κ3) is 4.58. The number of hydrogen-bond donors (Lipinski definition) is 1. The number of aromatic nitrogens is 1. The van der Waals surface area contributed by atoms with Gasteiger partial charge in [-0.15, -0.1) is 0 Å². The van der Waals surface area contributed by atoms with Crippen molar-refractivity contribution in [3.8, 4) is 0 Å². The van der Waals surface area contributed by atoms with E-state index >= 15 is 0 Å². The number of hydrogen-bond acceptors (Lipinski definition) is 5. The lowest BCUT2D eigenvalue weighted by Gasteiger charge is -2.35. The van der Waals surface area contributed by atoms with Gasteiger partial charge in [0.05, 0.1) is 6.54 Å². The fraction of sp³-hybridized carbons (Fsp3) is 0.316. The monoisotopic (exact) mass is 354 g/mol. The number of nitrogens with zero attached hydrogens (tertiary/aromatic N) is 4. The Balaban J connectivity index is 1.59. The maximum atomic E-state index is 12.7. The highest BCUT2D eigenvalue weighted by atomic mass is 16.4. The van der Waals surface area contributed by atoms with Gasteiger partial charge in [-0.3, -0.25) is 14.5 Å². The van der Waals surface area contributed by atoms with Gasteiger partial charge in [0.1, 0.15) is 12.4 Å². The van der Waals surface area contributed by atoms with Crippen LogP contribution in [0, 0.1) is 0 Å². The molecule has 1 aromatic heterocycles. The van der Waals surface area contributed by atoms with Gasteiger partial charge in [-0.1, -0.05) is 24.3 Å². The van der Waals surface area contributed by atoms with Crippen molar-refractivity contribution in [1.29, 1.82) is 0 Å². The standard InChI is InChI=1S/C19H22N4O3/c24-18(23(15-19(25)26)16-6-2-1-3-7-16)14-21-10-12-22(13-11-21)17-8-4-5-9-20-17/h1-9H,10-15H2,(H,25,26). The van der Waals surface area contributed by atoms with Crippen LogP contribution in [0.3, 0.4) is 0 Å². The molecule has 7 nitrogen and oxygen atoms in total. The van der Waals surface area contributed by atoms with E-state index < -0.39 is 5.97 Å². The summed E-state index contributed by atoms with van der Waals surface area (Å²) in [5, 5.41) is 9.14. The second-order valence-electron chi connectivity index (χ2n) is 6.16. The zero-order chi connectivity index (χ0) is 18.4. The van der Waals surface area contributed by atoms with Crippen molar-refractivity contribution in [2.24, 2.45) is 0 Å². The smallest absolute Gasteiger partial charge is 0.323 e. The molecule has 0 aliphatic carbocycles. The van der Waals surface area contributed by atoms with Crippen molar-refractivity contribution in [3.05, 3.63) is 54.7 Å². The highest BCUT2D eigenvalue weighted by Crippen LogP contribution is 2.15. The van der Waals surface area contributed by atoms with Crippen LogP contribution in [0.2, 0.25) is 0 Å². The van der Waals surface area contributed by atoms with Crippen LogP contribution in [0.5, 0.6) is 0 Å². The van der Waals surface area contributed by atoms with E-state index in [1.165, 1.54) is 4.90 Å². The number of carbonyl (C=O) groups excluding carboxylic acids is 1. The van der Waals surface area contributed by atoms with E-state index in [0.29, 0.717) is 5.69 Å². The van der Waals surface area contributed by atoms with E-state index in [-0.39, 0.29) is 19.0 Å². The molecule has 0 saturated carbocycles. The number of carboxylic acid groups (broad SMARTS) is 1. The van der Waals surface area contributed by atoms with Crippen molar-refractivity contribution in [3.63, 3.8) is 0 Å². The van der Waals surface area contributed by atoms with E-state index in [9.17, 15) is 9.59 Å². The molecular weight excluding hydrogens is 332 g/mol. The maximum Gasteiger partial charge on any atom is 0.323 e. The summed E-state index contributed by atoms with van der Waals surface area (Å²) in [6.45, 7) is 2.91. The van der Waals surface area contributed by atoms with E-state index in [4.69, 9.17) is 5.11 Å². The first kappa shape index (κ1) is 17.9. The summed E-state index contributed by atoms with van der Waals surface area (Å²) in [5.41, 5.74) is 0.604. The van der Waals surface area contributed by atoms with Crippen molar-refractivity contribution < 1.29 is 14.7 Å². The topological polar surface area (TPSA) is 77.0 Å². The Morgan fingerprint density at radius 3 is 2.31 bits per heavy atom. The summed E-state index contributed by atoms with van der Waals surface area (Å²) < 4.78 is 0. The summed E-state index contributed by atoms with van der Waals surface area (Å²) in [7, 11) is 0. The minimum atomic E-state index is -1.03. The zero-order valence-electron chi connectivity index (χ0n) is 14.5. The third-order valence-electron chi connectivity index (χ3n) is 4.37. The Hall–Kier alpha value is -2.93. The Labute approximate surface area is 152 Å². The minimum Gasteiger partial charge on any atom is -0.480 e. The molecule has 0 radical (unpaired) electrons. The molecule has 1 fully saturated rings. The lowest BCUT2D eigenvalue weighted by Crippen LogP contribution is -2.51. The van der Waals surface area contributed by atoms with Crippen LogP contribution in [-0.4, -0.2) is 66.1 Å². The highest BCUT2D eigenvalue weighted by molar-refractivity contribution is 5.98. The molecule has 1 saturated heterocycles. The largest absolute Gasteiger partial charge is 0.480 e. The molecule has 1 N–H and O–H groups in total. The van der Waals surface area contributed by atoms with Gasteiger partial charge >= 0.3 is 5.97 Å². The van der Waals surface area contributed by atoms with Crippen molar-refractivity contribution >= 4 is 23.4 Å². The van der Waals surface area contributed by atoms with Gasteiger partial charge in [0.2, 0.25) is 5.91 Å². The molecule has 0 bridgehead atoms. The summed E-state index contributed by atoms with van der Waals surface area (Å²) >= 11 is 0. The molecule has 1 amide bonds. The van der Waals surface area contributed by atoms with Crippen LogP contribution < -0.4 is 9.80 Å². The number of aliphatic carboxylic acids is 1. The lowest BCUT2D eigenvalue weighted by molar-refractivity contribution is -0.136. The van der Waals surface area contributed by atoms with E-state index in [1.807, 2.05) is 24.3 Å². The normalized spacial score (nSPS) is 14.8. The minimum absolute atomic E-state index is 0.204. The van der Waals surface area contributed by atoms with E-state index in [2.05, 4.69) is 14.8 Å². The molecule has 7 heteroatoms. The van der Waals surface area contributed by atoms with Crippen LogP contribution >= 0.6 is 0 Å². The summed E-state index contributed by atoms with van der Waals surface area (Å²) in [6.07, 6.45) is 1.77. The van der Waals surface area contributed by atoms with Crippen molar-refractivity contribution in [2.45, 2.75) is 0 Å². The average molecular weight is 354 g/mol. The van der Waals surface area contributed by atoms with E-state index in [0.717, 1.165) is 32.0 Å². The summed E-state index contributed by atoms with van der Waals surface area (Å²) in [4.78, 5) is 33.8. The molecule has 0 atom stereocenters. The quantitative estimate of drug-likeness (QED) is 0.843. The average Bonchev–Trinajstić information content (AvgIpc) is 2.68. The Kier molecular flexibility index (Phi) is 5.80. The van der Waals surface area contributed by atoms with Crippen LogP contribution in [0.25, 0.3) is 0 Å². The Morgan fingerprint density at radius 2 is 1.69 bits per heavy atom. The third-order valence-corrected chi connectivity index (χ3v) is 4.37. The van der Waals surface area contributed by atoms with Crippen LogP contribution in [-0.2, 0) is 9.59 Å². The van der Waals surface area contributed by atoms with Gasteiger partial charge < -0.3 is 14.9 Å². The van der Waals surface area contributed by atoms with Gasteiger partial charge in [-0.2, -0.15) is 0 Å². The van der Waals surface area contributed by atoms with Gasteiger partial charge in [-0.05, 0) is 24.3 Å². The second kappa shape index (κ2) is 8.44. The SMILES string of the molecule is O=C(O)CN(C(=O)CN1CCN(c2ccccn2)CC1)c1ccccc1. The number of benzene rings is 1. The van der Waals surface area contributed by atoms with Crippen molar-refractivity contribution in [1.82, 2.24) is 9.88 Å². The van der Waals surface area contributed by atoms with Gasteiger partial charge in [-0.25, -0.2) is 4.98 Å². The zero-order valence-corrected chi connectivity index (χ0v) is 14.5. The van der Waals surface area contributed by atoms with Crippen molar-refractivity contribution in [2.75, 3.05) is 49.1 Å². The maximum absolute atomic E-state index is 12.7. The first-order valence-corrected chi connectivity index (χ1v) is 8.59. The molecule has 0 unspecified atom stereocenters. The van der Waals surface area contributed by atoms with Crippen LogP contribution in [0.1, 0.15) is 0 Å². The number of piperazine rings is 1. The molecule has 1 aromatic carbocycles. The Morgan fingerprint density at radius 1 is 1.00 bits per heavy atom. The number of rotatable bonds is 6. The first-order valence-electron chi connectivity index (χ1n) is 8.59. The first-order chi connectivity index (χ1) is 12.6. The molecule has 2 aromatic rings. The number of carbonyl (C=O) groups is 2. The molecule has 1 aliphatic heterocycles. The summed E-state index contributed by atoms with van der Waals surface area (Å²) in [6, 6.07) is 14.8. The molecule has 136 valence electrons. The molecule has 26 heavy (non-hydrogen) atoms.